The smallest absolute Gasteiger partial charge is 0.230 e. The average molecular weight is 289 g/mol. The van der Waals surface area contributed by atoms with Crippen LogP contribution in [0.2, 0.25) is 0 Å². The van der Waals surface area contributed by atoms with Crippen LogP contribution in [0, 0.1) is 5.92 Å². The third kappa shape index (κ3) is 1.98. The third-order valence-electron chi connectivity index (χ3n) is 4.32. The Balaban J connectivity index is 1.74. The van der Waals surface area contributed by atoms with Crippen LogP contribution in [-0.4, -0.2) is 25.0 Å². The lowest BCUT2D eigenvalue weighted by Crippen LogP contribution is -2.29. The van der Waals surface area contributed by atoms with Gasteiger partial charge in [-0.1, -0.05) is 30.3 Å². The first-order valence-corrected chi connectivity index (χ1v) is 7.18. The minimum atomic E-state index is -2.04. The van der Waals surface area contributed by atoms with Gasteiger partial charge in [0.1, 0.15) is 0 Å². The Bertz CT molecular complexity index is 667. The first kappa shape index (κ1) is 12.9. The molecule has 5 nitrogen and oxygen atoms in total. The quantitative estimate of drug-likeness (QED) is 0.846. The zero-order valence-electron chi connectivity index (χ0n) is 11.4. The van der Waals surface area contributed by atoms with E-state index in [4.69, 9.17) is 0 Å². The van der Waals surface area contributed by atoms with Crippen LogP contribution in [0.4, 0.5) is 4.39 Å². The molecule has 110 valence electrons. The SMILES string of the molecule is OC(O)(c1nc2n(n1)C(c1ccccc1)CC2F)C1CC1. The van der Waals surface area contributed by atoms with E-state index in [1.807, 2.05) is 30.3 Å². The van der Waals surface area contributed by atoms with Crippen LogP contribution in [0.25, 0.3) is 0 Å². The monoisotopic (exact) mass is 289 g/mol. The number of fused-ring (bicyclic) bond motifs is 1. The van der Waals surface area contributed by atoms with Gasteiger partial charge in [-0.25, -0.2) is 14.1 Å². The molecular formula is C15H16FN3O2. The molecule has 0 bridgehead atoms. The molecule has 6 heteroatoms. The highest BCUT2D eigenvalue weighted by Gasteiger charge is 2.48. The van der Waals surface area contributed by atoms with Gasteiger partial charge in [0.25, 0.3) is 0 Å². The number of hydrogen-bond donors (Lipinski definition) is 2. The van der Waals surface area contributed by atoms with Crippen molar-refractivity contribution in [3.8, 4) is 0 Å². The molecule has 2 aromatic rings. The fourth-order valence-corrected chi connectivity index (χ4v) is 2.96. The number of alkyl halides is 1. The molecule has 1 saturated carbocycles. The highest BCUT2D eigenvalue weighted by Crippen LogP contribution is 2.45. The van der Waals surface area contributed by atoms with Crippen molar-refractivity contribution < 1.29 is 14.6 Å². The lowest BCUT2D eigenvalue weighted by atomic mass is 10.0. The van der Waals surface area contributed by atoms with Crippen LogP contribution in [0.5, 0.6) is 0 Å². The molecule has 0 saturated heterocycles. The molecule has 2 aliphatic rings. The van der Waals surface area contributed by atoms with E-state index in [9.17, 15) is 14.6 Å². The summed E-state index contributed by atoms with van der Waals surface area (Å²) < 4.78 is 15.7. The average Bonchev–Trinajstić information content (AvgIpc) is 3.17. The highest BCUT2D eigenvalue weighted by molar-refractivity contribution is 5.24. The summed E-state index contributed by atoms with van der Waals surface area (Å²) in [5.74, 6) is -2.18. The van der Waals surface area contributed by atoms with Crippen molar-refractivity contribution in [3.05, 3.63) is 47.5 Å². The largest absolute Gasteiger partial charge is 0.359 e. The number of aromatic nitrogens is 3. The second kappa shape index (κ2) is 4.35. The van der Waals surface area contributed by atoms with Gasteiger partial charge in [0.2, 0.25) is 11.6 Å². The molecule has 1 aromatic heterocycles. The lowest BCUT2D eigenvalue weighted by Gasteiger charge is -2.18. The molecule has 4 rings (SSSR count). The summed E-state index contributed by atoms with van der Waals surface area (Å²) >= 11 is 0. The summed E-state index contributed by atoms with van der Waals surface area (Å²) in [5.41, 5.74) is 0.947. The molecule has 2 atom stereocenters. The molecule has 2 N–H and O–H groups in total. The van der Waals surface area contributed by atoms with Gasteiger partial charge in [-0.15, -0.1) is 5.10 Å². The molecule has 0 amide bonds. The van der Waals surface area contributed by atoms with Crippen molar-refractivity contribution in [2.75, 3.05) is 0 Å². The first-order chi connectivity index (χ1) is 10.1. The maximum Gasteiger partial charge on any atom is 0.230 e. The minimum Gasteiger partial charge on any atom is -0.359 e. The molecule has 0 radical (unpaired) electrons. The van der Waals surface area contributed by atoms with E-state index in [1.54, 1.807) is 0 Å². The van der Waals surface area contributed by atoms with E-state index < -0.39 is 12.0 Å². The van der Waals surface area contributed by atoms with Crippen molar-refractivity contribution in [3.63, 3.8) is 0 Å². The van der Waals surface area contributed by atoms with Crippen LogP contribution in [0.3, 0.4) is 0 Å². The van der Waals surface area contributed by atoms with Crippen molar-refractivity contribution in [2.24, 2.45) is 5.92 Å². The standard InChI is InChI=1S/C15H16FN3O2/c16-11-8-12(9-4-2-1-3-5-9)19-13(11)17-14(18-19)15(20,21)10-6-7-10/h1-5,10-12,20-21H,6-8H2. The Morgan fingerprint density at radius 3 is 2.57 bits per heavy atom. The summed E-state index contributed by atoms with van der Waals surface area (Å²) in [5, 5.41) is 24.4. The van der Waals surface area contributed by atoms with Gasteiger partial charge in [0.15, 0.2) is 12.0 Å². The maximum absolute atomic E-state index is 14.2. The summed E-state index contributed by atoms with van der Waals surface area (Å²) in [6.45, 7) is 0. The summed E-state index contributed by atoms with van der Waals surface area (Å²) in [6.07, 6.45) is 0.523. The van der Waals surface area contributed by atoms with E-state index in [0.717, 1.165) is 18.4 Å². The molecule has 2 heterocycles. The van der Waals surface area contributed by atoms with Crippen molar-refractivity contribution in [2.45, 2.75) is 37.3 Å². The predicted octanol–water partition coefficient (Wildman–Crippen LogP) is 1.83. The number of nitrogens with zero attached hydrogens (tertiary/aromatic N) is 3. The van der Waals surface area contributed by atoms with Gasteiger partial charge >= 0.3 is 0 Å². The molecular weight excluding hydrogens is 273 g/mol. The number of hydrogen-bond acceptors (Lipinski definition) is 4. The Kier molecular flexibility index (Phi) is 2.68. The van der Waals surface area contributed by atoms with E-state index in [0.29, 0.717) is 0 Å². The number of halogens is 1. The lowest BCUT2D eigenvalue weighted by molar-refractivity contribution is -0.192. The van der Waals surface area contributed by atoms with Gasteiger partial charge in [-0.2, -0.15) is 0 Å². The third-order valence-corrected chi connectivity index (χ3v) is 4.32. The molecule has 1 aromatic carbocycles. The zero-order chi connectivity index (χ0) is 14.6. The summed E-state index contributed by atoms with van der Waals surface area (Å²) in [4.78, 5) is 4.06. The van der Waals surface area contributed by atoms with Crippen LogP contribution in [-0.2, 0) is 5.79 Å². The summed E-state index contributed by atoms with van der Waals surface area (Å²) in [7, 11) is 0. The van der Waals surface area contributed by atoms with Crippen molar-refractivity contribution in [1.82, 2.24) is 14.8 Å². The summed E-state index contributed by atoms with van der Waals surface area (Å²) in [6, 6.07) is 9.28. The maximum atomic E-state index is 14.2. The fraction of sp³-hybridized carbons (Fsp3) is 0.467. The van der Waals surface area contributed by atoms with Gasteiger partial charge in [-0.3, -0.25) is 0 Å². The predicted molar refractivity (Wildman–Crippen MR) is 71.9 cm³/mol. The Hall–Kier alpha value is -1.79. The minimum absolute atomic E-state index is 0.0803. The zero-order valence-corrected chi connectivity index (χ0v) is 11.4. The molecule has 1 fully saturated rings. The van der Waals surface area contributed by atoms with Gasteiger partial charge in [0, 0.05) is 12.3 Å². The fourth-order valence-electron chi connectivity index (χ4n) is 2.96. The van der Waals surface area contributed by atoms with Crippen LogP contribution >= 0.6 is 0 Å². The van der Waals surface area contributed by atoms with Crippen molar-refractivity contribution >= 4 is 0 Å². The number of aliphatic hydroxyl groups is 2. The number of rotatable bonds is 3. The Morgan fingerprint density at radius 2 is 1.90 bits per heavy atom. The Morgan fingerprint density at radius 1 is 1.19 bits per heavy atom. The Labute approximate surface area is 121 Å². The van der Waals surface area contributed by atoms with Gasteiger partial charge in [0.05, 0.1) is 6.04 Å². The number of benzene rings is 1. The van der Waals surface area contributed by atoms with Crippen molar-refractivity contribution in [1.29, 1.82) is 0 Å². The molecule has 0 spiro atoms. The molecule has 1 aliphatic heterocycles. The van der Waals surface area contributed by atoms with Gasteiger partial charge < -0.3 is 10.2 Å². The van der Waals surface area contributed by atoms with E-state index in [-0.39, 0.29) is 30.0 Å². The molecule has 21 heavy (non-hydrogen) atoms. The second-order valence-electron chi connectivity index (χ2n) is 5.87. The van der Waals surface area contributed by atoms with E-state index in [1.165, 1.54) is 4.68 Å². The topological polar surface area (TPSA) is 71.2 Å². The van der Waals surface area contributed by atoms with E-state index in [2.05, 4.69) is 10.1 Å². The highest BCUT2D eigenvalue weighted by atomic mass is 19.1. The van der Waals surface area contributed by atoms with Crippen LogP contribution in [0.1, 0.15) is 48.7 Å². The van der Waals surface area contributed by atoms with Crippen LogP contribution in [0.15, 0.2) is 30.3 Å². The first-order valence-electron chi connectivity index (χ1n) is 7.18. The second-order valence-corrected chi connectivity index (χ2v) is 5.87. The molecule has 1 aliphatic carbocycles. The van der Waals surface area contributed by atoms with Gasteiger partial charge in [-0.05, 0) is 18.4 Å². The van der Waals surface area contributed by atoms with Crippen LogP contribution < -0.4 is 0 Å². The molecule has 2 unspecified atom stereocenters. The normalized spacial score (nSPS) is 25.1. The van der Waals surface area contributed by atoms with E-state index >= 15 is 0 Å².